The Hall–Kier alpha value is -1.98. The van der Waals surface area contributed by atoms with Crippen LogP contribution in [0.5, 0.6) is 0 Å². The number of amides is 2. The van der Waals surface area contributed by atoms with E-state index >= 15 is 0 Å². The molecule has 2 amide bonds. The minimum Gasteiger partial charge on any atom is -0.459 e. The zero-order chi connectivity index (χ0) is 16.1. The van der Waals surface area contributed by atoms with Crippen LogP contribution in [0.15, 0.2) is 41.0 Å². The lowest BCUT2D eigenvalue weighted by Gasteiger charge is -2.22. The van der Waals surface area contributed by atoms with Gasteiger partial charge in [-0.1, -0.05) is 23.2 Å². The van der Waals surface area contributed by atoms with Gasteiger partial charge in [-0.05, 0) is 30.3 Å². The average molecular weight is 341 g/mol. The molecule has 2 rings (SSSR count). The maximum absolute atomic E-state index is 11.8. The molecule has 1 heterocycles. The first-order valence-corrected chi connectivity index (χ1v) is 7.29. The lowest BCUT2D eigenvalue weighted by molar-refractivity contribution is -0.116. The van der Waals surface area contributed by atoms with Crippen molar-refractivity contribution in [2.75, 3.05) is 18.0 Å². The molecule has 0 bridgehead atoms. The Kier molecular flexibility index (Phi) is 5.46. The van der Waals surface area contributed by atoms with E-state index in [0.29, 0.717) is 15.7 Å². The molecular weight excluding hydrogens is 327 g/mol. The third-order valence-corrected chi connectivity index (χ3v) is 3.50. The highest BCUT2D eigenvalue weighted by atomic mass is 35.5. The fraction of sp³-hybridized carbons (Fsp3) is 0.200. The second-order valence-corrected chi connectivity index (χ2v) is 5.34. The molecule has 0 saturated carbocycles. The first-order valence-electron chi connectivity index (χ1n) is 6.54. The molecule has 0 fully saturated rings. The van der Waals surface area contributed by atoms with E-state index in [-0.39, 0.29) is 30.7 Å². The molecule has 7 heteroatoms. The molecule has 0 unspecified atom stereocenters. The van der Waals surface area contributed by atoms with E-state index in [2.05, 4.69) is 5.32 Å². The fourth-order valence-electron chi connectivity index (χ4n) is 1.92. The Bertz CT molecular complexity index is 671. The van der Waals surface area contributed by atoms with Gasteiger partial charge in [0.05, 0.1) is 17.0 Å². The Morgan fingerprint density at radius 1 is 1.27 bits per heavy atom. The first-order chi connectivity index (χ1) is 10.5. The van der Waals surface area contributed by atoms with Crippen molar-refractivity contribution in [3.63, 3.8) is 0 Å². The van der Waals surface area contributed by atoms with Gasteiger partial charge in [0.1, 0.15) is 0 Å². The topological polar surface area (TPSA) is 62.6 Å². The summed E-state index contributed by atoms with van der Waals surface area (Å²) in [6.45, 7) is 1.94. The van der Waals surface area contributed by atoms with Crippen LogP contribution < -0.4 is 10.2 Å². The summed E-state index contributed by atoms with van der Waals surface area (Å²) in [6, 6.07) is 8.06. The average Bonchev–Trinajstić information content (AvgIpc) is 3.00. The second kappa shape index (κ2) is 7.33. The van der Waals surface area contributed by atoms with Gasteiger partial charge >= 0.3 is 0 Å². The van der Waals surface area contributed by atoms with Crippen molar-refractivity contribution in [1.82, 2.24) is 5.32 Å². The molecule has 0 radical (unpaired) electrons. The van der Waals surface area contributed by atoms with Gasteiger partial charge in [0.15, 0.2) is 5.76 Å². The minimum absolute atomic E-state index is 0.198. The molecule has 22 heavy (non-hydrogen) atoms. The number of rotatable bonds is 5. The van der Waals surface area contributed by atoms with Gasteiger partial charge < -0.3 is 14.6 Å². The predicted octanol–water partition coefficient (Wildman–Crippen LogP) is 3.37. The Labute approximate surface area is 137 Å². The number of benzene rings is 1. The van der Waals surface area contributed by atoms with Gasteiger partial charge in [-0.3, -0.25) is 9.59 Å². The van der Waals surface area contributed by atoms with Gasteiger partial charge in [0.2, 0.25) is 5.91 Å². The van der Waals surface area contributed by atoms with Crippen molar-refractivity contribution in [3.8, 4) is 0 Å². The standard InChI is InChI=1S/C15H14Cl2N2O3/c1-10(20)19(13-9-11(16)4-5-12(13)17)7-6-18-15(21)14-3-2-8-22-14/h2-5,8-9H,6-7H2,1H3,(H,18,21). The summed E-state index contributed by atoms with van der Waals surface area (Å²) in [5, 5.41) is 3.56. The largest absolute Gasteiger partial charge is 0.459 e. The van der Waals surface area contributed by atoms with Crippen molar-refractivity contribution < 1.29 is 14.0 Å². The highest BCUT2D eigenvalue weighted by molar-refractivity contribution is 6.35. The van der Waals surface area contributed by atoms with Crippen LogP contribution in [-0.2, 0) is 4.79 Å². The summed E-state index contributed by atoms with van der Waals surface area (Å²) in [7, 11) is 0. The normalized spacial score (nSPS) is 10.3. The molecule has 0 spiro atoms. The highest BCUT2D eigenvalue weighted by Gasteiger charge is 2.16. The summed E-state index contributed by atoms with van der Waals surface area (Å²) in [6.07, 6.45) is 1.42. The van der Waals surface area contributed by atoms with Crippen LogP contribution in [0.1, 0.15) is 17.5 Å². The zero-order valence-corrected chi connectivity index (χ0v) is 13.3. The number of halogens is 2. The molecule has 0 saturated heterocycles. The molecular formula is C15H14Cl2N2O3. The summed E-state index contributed by atoms with van der Waals surface area (Å²) < 4.78 is 4.99. The van der Waals surface area contributed by atoms with E-state index in [1.807, 2.05) is 0 Å². The molecule has 5 nitrogen and oxygen atoms in total. The lowest BCUT2D eigenvalue weighted by atomic mass is 10.2. The van der Waals surface area contributed by atoms with Crippen molar-refractivity contribution in [2.24, 2.45) is 0 Å². The molecule has 2 aromatic rings. The lowest BCUT2D eigenvalue weighted by Crippen LogP contribution is -2.37. The third kappa shape index (κ3) is 4.02. The summed E-state index contributed by atoms with van der Waals surface area (Å²) in [4.78, 5) is 25.0. The third-order valence-electron chi connectivity index (χ3n) is 2.95. The quantitative estimate of drug-likeness (QED) is 0.907. The summed E-state index contributed by atoms with van der Waals surface area (Å²) in [5.41, 5.74) is 0.508. The van der Waals surface area contributed by atoms with E-state index in [9.17, 15) is 9.59 Å². The number of nitrogens with zero attached hydrogens (tertiary/aromatic N) is 1. The first kappa shape index (κ1) is 16.4. The Morgan fingerprint density at radius 3 is 2.68 bits per heavy atom. The second-order valence-electron chi connectivity index (χ2n) is 4.50. The smallest absolute Gasteiger partial charge is 0.287 e. The van der Waals surface area contributed by atoms with Gasteiger partial charge in [-0.15, -0.1) is 0 Å². The van der Waals surface area contributed by atoms with E-state index < -0.39 is 0 Å². The van der Waals surface area contributed by atoms with Crippen LogP contribution in [0.3, 0.4) is 0 Å². The molecule has 0 atom stereocenters. The van der Waals surface area contributed by atoms with Crippen LogP contribution in [0.2, 0.25) is 10.0 Å². The number of hydrogen-bond acceptors (Lipinski definition) is 3. The van der Waals surface area contributed by atoms with Gasteiger partial charge in [-0.2, -0.15) is 0 Å². The number of nitrogens with one attached hydrogen (secondary N) is 1. The molecule has 0 aliphatic carbocycles. The predicted molar refractivity (Wildman–Crippen MR) is 85.5 cm³/mol. The molecule has 1 N–H and O–H groups in total. The molecule has 0 aliphatic rings. The highest BCUT2D eigenvalue weighted by Crippen LogP contribution is 2.28. The maximum atomic E-state index is 11.8. The van der Waals surface area contributed by atoms with Crippen molar-refractivity contribution >= 4 is 40.7 Å². The Balaban J connectivity index is 2.02. The summed E-state index contributed by atoms with van der Waals surface area (Å²) >= 11 is 12.0. The van der Waals surface area contributed by atoms with E-state index in [1.54, 1.807) is 30.3 Å². The number of furan rings is 1. The van der Waals surface area contributed by atoms with Crippen LogP contribution in [0, 0.1) is 0 Å². The molecule has 1 aromatic carbocycles. The zero-order valence-electron chi connectivity index (χ0n) is 11.8. The monoisotopic (exact) mass is 340 g/mol. The Morgan fingerprint density at radius 2 is 2.05 bits per heavy atom. The number of anilines is 1. The van der Waals surface area contributed by atoms with Crippen LogP contribution >= 0.6 is 23.2 Å². The number of carbonyl (C=O) groups excluding carboxylic acids is 2. The van der Waals surface area contributed by atoms with Gasteiger partial charge in [0, 0.05) is 25.0 Å². The van der Waals surface area contributed by atoms with Crippen LogP contribution in [0.4, 0.5) is 5.69 Å². The number of carbonyl (C=O) groups is 2. The van der Waals surface area contributed by atoms with Crippen molar-refractivity contribution in [1.29, 1.82) is 0 Å². The molecule has 0 aliphatic heterocycles. The molecule has 1 aromatic heterocycles. The van der Waals surface area contributed by atoms with Crippen molar-refractivity contribution in [3.05, 3.63) is 52.4 Å². The molecule has 116 valence electrons. The SMILES string of the molecule is CC(=O)N(CCNC(=O)c1ccco1)c1cc(Cl)ccc1Cl. The van der Waals surface area contributed by atoms with Gasteiger partial charge in [0.25, 0.3) is 5.91 Å². The maximum Gasteiger partial charge on any atom is 0.287 e. The van der Waals surface area contributed by atoms with Crippen LogP contribution in [0.25, 0.3) is 0 Å². The summed E-state index contributed by atoms with van der Waals surface area (Å²) in [5.74, 6) is -0.322. The van der Waals surface area contributed by atoms with E-state index in [4.69, 9.17) is 27.6 Å². The van der Waals surface area contributed by atoms with Gasteiger partial charge in [-0.25, -0.2) is 0 Å². The fourth-order valence-corrected chi connectivity index (χ4v) is 2.30. The van der Waals surface area contributed by atoms with E-state index in [0.717, 1.165) is 0 Å². The van der Waals surface area contributed by atoms with Crippen molar-refractivity contribution in [2.45, 2.75) is 6.92 Å². The number of hydrogen-bond donors (Lipinski definition) is 1. The van der Waals surface area contributed by atoms with Crippen LogP contribution in [-0.4, -0.2) is 24.9 Å². The minimum atomic E-state index is -0.342. The van der Waals surface area contributed by atoms with E-state index in [1.165, 1.54) is 18.1 Å².